The third-order valence-electron chi connectivity index (χ3n) is 5.90. The summed E-state index contributed by atoms with van der Waals surface area (Å²) in [6, 6.07) is 44.6. The molecule has 0 aliphatic carbocycles. The minimum absolute atomic E-state index is 0.637. The molecule has 0 amide bonds. The van der Waals surface area contributed by atoms with E-state index in [-0.39, 0.29) is 0 Å². The number of rotatable bonds is 5. The molecule has 5 aromatic carbocycles. The van der Waals surface area contributed by atoms with Crippen molar-refractivity contribution in [1.82, 2.24) is 0 Å². The largest absolute Gasteiger partial charge is 0.311 e. The van der Waals surface area contributed by atoms with Crippen molar-refractivity contribution in [3.8, 4) is 28.3 Å². The summed E-state index contributed by atoms with van der Waals surface area (Å²) in [6.07, 6.45) is 0. The molecule has 5 aromatic rings. The number of nitrogens with zero attached hydrogens (tertiary/aromatic N) is 3. The van der Waals surface area contributed by atoms with Gasteiger partial charge in [0.05, 0.1) is 18.2 Å². The van der Waals surface area contributed by atoms with Crippen LogP contribution in [0.1, 0.15) is 5.56 Å². The smallest absolute Gasteiger partial charge is 0.187 e. The predicted molar refractivity (Wildman–Crippen MR) is 143 cm³/mol. The van der Waals surface area contributed by atoms with Crippen molar-refractivity contribution in [2.45, 2.75) is 0 Å². The number of hydrogen-bond donors (Lipinski definition) is 0. The quantitative estimate of drug-likeness (QED) is 0.252. The van der Waals surface area contributed by atoms with Crippen molar-refractivity contribution in [2.75, 3.05) is 4.90 Å². The van der Waals surface area contributed by atoms with Crippen molar-refractivity contribution in [3.63, 3.8) is 0 Å². The van der Waals surface area contributed by atoms with Gasteiger partial charge < -0.3 is 4.90 Å². The highest BCUT2D eigenvalue weighted by molar-refractivity contribution is 5.80. The number of benzene rings is 5. The molecule has 5 rings (SSSR count). The molecular weight excluding hydrogens is 426 g/mol. The number of anilines is 3. The first-order valence-corrected chi connectivity index (χ1v) is 11.3. The molecule has 0 aliphatic heterocycles. The van der Waals surface area contributed by atoms with E-state index in [2.05, 4.69) is 76.5 Å². The van der Waals surface area contributed by atoms with Crippen molar-refractivity contribution >= 4 is 22.7 Å². The second-order valence-electron chi connectivity index (χ2n) is 8.12. The normalized spacial score (nSPS) is 10.2. The second-order valence-corrected chi connectivity index (χ2v) is 8.12. The molecular formula is C32H21N3. The van der Waals surface area contributed by atoms with E-state index in [4.69, 9.17) is 6.57 Å². The van der Waals surface area contributed by atoms with Crippen LogP contribution < -0.4 is 4.90 Å². The molecule has 35 heavy (non-hydrogen) atoms. The minimum Gasteiger partial charge on any atom is -0.311 e. The summed E-state index contributed by atoms with van der Waals surface area (Å²) < 4.78 is 0. The maximum atomic E-state index is 9.23. The van der Waals surface area contributed by atoms with Crippen molar-refractivity contribution in [2.24, 2.45) is 0 Å². The van der Waals surface area contributed by atoms with Gasteiger partial charge in [0.25, 0.3) is 0 Å². The zero-order valence-electron chi connectivity index (χ0n) is 19.0. The second kappa shape index (κ2) is 9.79. The van der Waals surface area contributed by atoms with Gasteiger partial charge in [0.15, 0.2) is 5.69 Å². The third-order valence-corrected chi connectivity index (χ3v) is 5.90. The van der Waals surface area contributed by atoms with Crippen LogP contribution in [0.25, 0.3) is 27.1 Å². The molecule has 0 unspecified atom stereocenters. The van der Waals surface area contributed by atoms with Crippen LogP contribution in [0.4, 0.5) is 22.7 Å². The molecule has 164 valence electrons. The van der Waals surface area contributed by atoms with E-state index in [0.717, 1.165) is 39.3 Å². The summed E-state index contributed by atoms with van der Waals surface area (Å²) in [5.41, 5.74) is 8.62. The lowest BCUT2D eigenvalue weighted by Gasteiger charge is -2.26. The fourth-order valence-corrected chi connectivity index (χ4v) is 4.15. The predicted octanol–water partition coefficient (Wildman–Crippen LogP) is 8.91. The maximum Gasteiger partial charge on any atom is 0.187 e. The highest BCUT2D eigenvalue weighted by atomic mass is 15.1. The highest BCUT2D eigenvalue weighted by Crippen LogP contribution is 2.36. The molecule has 0 heterocycles. The summed E-state index contributed by atoms with van der Waals surface area (Å²) in [7, 11) is 0. The van der Waals surface area contributed by atoms with Crippen LogP contribution in [0.5, 0.6) is 0 Å². The zero-order valence-corrected chi connectivity index (χ0v) is 19.0. The number of hydrogen-bond acceptors (Lipinski definition) is 2. The van der Waals surface area contributed by atoms with Crippen LogP contribution in [0.3, 0.4) is 0 Å². The fraction of sp³-hybridized carbons (Fsp3) is 0. The summed E-state index contributed by atoms with van der Waals surface area (Å²) >= 11 is 0. The first kappa shape index (κ1) is 21.7. The molecule has 0 fully saturated rings. The Hall–Kier alpha value is -5.12. The molecule has 0 radical (unpaired) electrons. The SMILES string of the molecule is [C-]#[N+]c1cccc(-c2ccc(N(c3ccccc3)c3ccc(-c4cccc(C#N)c4)cc3)cc2)c1. The number of para-hydroxylation sites is 1. The molecule has 0 aromatic heterocycles. The van der Waals surface area contributed by atoms with E-state index < -0.39 is 0 Å². The summed E-state index contributed by atoms with van der Waals surface area (Å²) in [5.74, 6) is 0. The Morgan fingerprint density at radius 1 is 0.543 bits per heavy atom. The summed E-state index contributed by atoms with van der Waals surface area (Å²) in [5, 5.41) is 9.23. The summed E-state index contributed by atoms with van der Waals surface area (Å²) in [4.78, 5) is 5.76. The Morgan fingerprint density at radius 3 is 1.66 bits per heavy atom. The van der Waals surface area contributed by atoms with Gasteiger partial charge >= 0.3 is 0 Å². The lowest BCUT2D eigenvalue weighted by molar-refractivity contribution is 1.28. The number of nitriles is 1. The molecule has 0 N–H and O–H groups in total. The molecule has 3 heteroatoms. The minimum atomic E-state index is 0.637. The van der Waals surface area contributed by atoms with Crippen LogP contribution >= 0.6 is 0 Å². The van der Waals surface area contributed by atoms with Crippen LogP contribution in [-0.4, -0.2) is 0 Å². The zero-order chi connectivity index (χ0) is 24.0. The Bertz CT molecular complexity index is 1440. The van der Waals surface area contributed by atoms with Crippen molar-refractivity contribution < 1.29 is 0 Å². The Morgan fingerprint density at radius 2 is 1.09 bits per heavy atom. The van der Waals surface area contributed by atoms with E-state index in [0.29, 0.717) is 11.3 Å². The molecule has 0 spiro atoms. The van der Waals surface area contributed by atoms with Gasteiger partial charge in [-0.1, -0.05) is 72.8 Å². The van der Waals surface area contributed by atoms with Crippen molar-refractivity contribution in [3.05, 3.63) is 144 Å². The topological polar surface area (TPSA) is 31.4 Å². The van der Waals surface area contributed by atoms with Gasteiger partial charge in [-0.05, 0) is 76.9 Å². The third kappa shape index (κ3) is 4.67. The van der Waals surface area contributed by atoms with Gasteiger partial charge in [-0.2, -0.15) is 5.26 Å². The van der Waals surface area contributed by atoms with Gasteiger partial charge in [0.2, 0.25) is 0 Å². The standard InChI is InChI=1S/C32H21N3/c1-34-29-10-6-9-28(22-29)26-15-19-32(20-16-26)35(30-11-3-2-4-12-30)31-17-13-25(14-18-31)27-8-5-7-24(21-27)23-33/h2-22H. The van der Waals surface area contributed by atoms with Crippen LogP contribution in [0, 0.1) is 17.9 Å². The molecule has 0 bridgehead atoms. The van der Waals surface area contributed by atoms with Crippen LogP contribution in [0.2, 0.25) is 0 Å². The Balaban J connectivity index is 1.51. The van der Waals surface area contributed by atoms with Gasteiger partial charge in [-0.15, -0.1) is 0 Å². The van der Waals surface area contributed by atoms with Gasteiger partial charge in [0.1, 0.15) is 0 Å². The van der Waals surface area contributed by atoms with Crippen molar-refractivity contribution in [1.29, 1.82) is 5.26 Å². The highest BCUT2D eigenvalue weighted by Gasteiger charge is 2.13. The first-order chi connectivity index (χ1) is 17.2. The van der Waals surface area contributed by atoms with E-state index in [1.165, 1.54) is 0 Å². The van der Waals surface area contributed by atoms with Crippen LogP contribution in [-0.2, 0) is 0 Å². The molecule has 3 nitrogen and oxygen atoms in total. The molecule has 0 atom stereocenters. The van der Waals surface area contributed by atoms with Gasteiger partial charge in [-0.25, -0.2) is 4.85 Å². The van der Waals surface area contributed by atoms with E-state index >= 15 is 0 Å². The van der Waals surface area contributed by atoms with E-state index in [9.17, 15) is 5.26 Å². The molecule has 0 saturated heterocycles. The Labute approximate surface area is 205 Å². The first-order valence-electron chi connectivity index (χ1n) is 11.3. The fourth-order valence-electron chi connectivity index (χ4n) is 4.15. The maximum absolute atomic E-state index is 9.23. The van der Waals surface area contributed by atoms with Gasteiger partial charge in [-0.3, -0.25) is 0 Å². The van der Waals surface area contributed by atoms with Crippen LogP contribution in [0.15, 0.2) is 127 Å². The Kier molecular flexibility index (Phi) is 6.07. The van der Waals surface area contributed by atoms with E-state index in [1.807, 2.05) is 66.7 Å². The lowest BCUT2D eigenvalue weighted by atomic mass is 10.0. The lowest BCUT2D eigenvalue weighted by Crippen LogP contribution is -2.09. The summed E-state index contributed by atoms with van der Waals surface area (Å²) in [6.45, 7) is 7.28. The molecule has 0 aliphatic rings. The average molecular weight is 448 g/mol. The molecule has 0 saturated carbocycles. The monoisotopic (exact) mass is 447 g/mol. The van der Waals surface area contributed by atoms with Gasteiger partial charge in [0, 0.05) is 17.1 Å². The average Bonchev–Trinajstić information content (AvgIpc) is 2.94. The van der Waals surface area contributed by atoms with E-state index in [1.54, 1.807) is 0 Å².